The van der Waals surface area contributed by atoms with Crippen molar-refractivity contribution in [1.29, 1.82) is 0 Å². The molecular formula is C19H30N2O2. The zero-order valence-electron chi connectivity index (χ0n) is 14.5. The highest BCUT2D eigenvalue weighted by atomic mass is 16.3. The molecule has 0 saturated carbocycles. The first-order valence-corrected chi connectivity index (χ1v) is 8.85. The van der Waals surface area contributed by atoms with E-state index >= 15 is 0 Å². The Labute approximate surface area is 140 Å². The van der Waals surface area contributed by atoms with Gasteiger partial charge < -0.3 is 14.9 Å². The number of aliphatic hydroxyl groups excluding tert-OH is 1. The summed E-state index contributed by atoms with van der Waals surface area (Å²) in [6.07, 6.45) is 3.56. The van der Waals surface area contributed by atoms with E-state index in [1.807, 2.05) is 36.1 Å². The lowest BCUT2D eigenvalue weighted by Gasteiger charge is -2.28. The van der Waals surface area contributed by atoms with E-state index in [1.54, 1.807) is 0 Å². The quantitative estimate of drug-likeness (QED) is 0.841. The maximum atomic E-state index is 12.2. The van der Waals surface area contributed by atoms with Gasteiger partial charge in [-0.25, -0.2) is 0 Å². The third-order valence-electron chi connectivity index (χ3n) is 4.69. The Morgan fingerprint density at radius 2 is 1.87 bits per heavy atom. The minimum Gasteiger partial charge on any atom is -0.387 e. The molecule has 1 fully saturated rings. The number of piperidine rings is 1. The Morgan fingerprint density at radius 1 is 1.22 bits per heavy atom. The third-order valence-corrected chi connectivity index (χ3v) is 4.69. The molecule has 1 amide bonds. The average Bonchev–Trinajstić information content (AvgIpc) is 2.59. The first-order valence-electron chi connectivity index (χ1n) is 8.85. The van der Waals surface area contributed by atoms with Crippen molar-refractivity contribution in [2.45, 2.75) is 45.6 Å². The summed E-state index contributed by atoms with van der Waals surface area (Å²) in [5.74, 6) is 0.257. The van der Waals surface area contributed by atoms with Gasteiger partial charge in [0.15, 0.2) is 0 Å². The summed E-state index contributed by atoms with van der Waals surface area (Å²) in [6, 6.07) is 8.00. The summed E-state index contributed by atoms with van der Waals surface area (Å²) in [4.78, 5) is 16.4. The van der Waals surface area contributed by atoms with Crippen LogP contribution < -0.4 is 0 Å². The number of aliphatic hydroxyl groups is 1. The van der Waals surface area contributed by atoms with Gasteiger partial charge in [-0.2, -0.15) is 0 Å². The molecule has 1 heterocycles. The molecule has 1 N–H and O–H groups in total. The number of likely N-dealkylation sites (N-methyl/N-ethyl adjacent to an activating group) is 1. The minimum absolute atomic E-state index is 0.257. The molecule has 1 saturated heterocycles. The molecule has 4 heteroatoms. The van der Waals surface area contributed by atoms with E-state index in [0.29, 0.717) is 13.0 Å². The highest BCUT2D eigenvalue weighted by Gasteiger charge is 2.18. The number of carbonyl (C=O) groups is 1. The highest BCUT2D eigenvalue weighted by molar-refractivity contribution is 5.76. The molecule has 23 heavy (non-hydrogen) atoms. The number of carbonyl (C=O) groups excluding carboxylic acids is 1. The molecule has 0 bridgehead atoms. The van der Waals surface area contributed by atoms with Gasteiger partial charge >= 0.3 is 0 Å². The zero-order valence-corrected chi connectivity index (χ0v) is 14.5. The first-order chi connectivity index (χ1) is 11.1. The molecular weight excluding hydrogens is 288 g/mol. The number of hydrogen-bond acceptors (Lipinski definition) is 3. The summed E-state index contributed by atoms with van der Waals surface area (Å²) in [6.45, 7) is 8.08. The van der Waals surface area contributed by atoms with E-state index in [9.17, 15) is 9.90 Å². The molecule has 1 unspecified atom stereocenters. The minimum atomic E-state index is -0.499. The fourth-order valence-electron chi connectivity index (χ4n) is 3.07. The molecule has 0 spiro atoms. The summed E-state index contributed by atoms with van der Waals surface area (Å²) < 4.78 is 0. The Hall–Kier alpha value is -1.39. The predicted octanol–water partition coefficient (Wildman–Crippen LogP) is 2.75. The van der Waals surface area contributed by atoms with Crippen molar-refractivity contribution >= 4 is 5.91 Å². The van der Waals surface area contributed by atoms with Crippen molar-refractivity contribution in [2.75, 3.05) is 32.7 Å². The van der Waals surface area contributed by atoms with Crippen molar-refractivity contribution in [3.8, 4) is 0 Å². The lowest BCUT2D eigenvalue weighted by Crippen LogP contribution is -2.38. The molecule has 4 nitrogen and oxygen atoms in total. The molecule has 0 aromatic heterocycles. The van der Waals surface area contributed by atoms with Gasteiger partial charge in [0.1, 0.15) is 0 Å². The van der Waals surface area contributed by atoms with Gasteiger partial charge in [-0.1, -0.05) is 36.8 Å². The second-order valence-corrected chi connectivity index (χ2v) is 6.51. The van der Waals surface area contributed by atoms with E-state index in [2.05, 4.69) is 11.8 Å². The van der Waals surface area contributed by atoms with Crippen molar-refractivity contribution in [2.24, 2.45) is 0 Å². The third kappa shape index (κ3) is 5.63. The van der Waals surface area contributed by atoms with Crippen LogP contribution in [0.25, 0.3) is 0 Å². The lowest BCUT2D eigenvalue weighted by atomic mass is 10.1. The molecule has 2 rings (SSSR count). The smallest absolute Gasteiger partial charge is 0.223 e. The summed E-state index contributed by atoms with van der Waals surface area (Å²) in [7, 11) is 0. The predicted molar refractivity (Wildman–Crippen MR) is 93.3 cm³/mol. The van der Waals surface area contributed by atoms with Crippen LogP contribution in [0.4, 0.5) is 0 Å². The lowest BCUT2D eigenvalue weighted by molar-refractivity contribution is -0.132. The second-order valence-electron chi connectivity index (χ2n) is 6.51. The highest BCUT2D eigenvalue weighted by Crippen LogP contribution is 2.16. The van der Waals surface area contributed by atoms with Gasteiger partial charge in [0.25, 0.3) is 0 Å². The molecule has 128 valence electrons. The number of amides is 1. The van der Waals surface area contributed by atoms with Crippen LogP contribution in [0.2, 0.25) is 0 Å². The van der Waals surface area contributed by atoms with Gasteiger partial charge in [0, 0.05) is 32.6 Å². The Kier molecular flexibility index (Phi) is 7.06. The van der Waals surface area contributed by atoms with Crippen molar-refractivity contribution in [3.05, 3.63) is 35.4 Å². The number of rotatable bonds is 7. The van der Waals surface area contributed by atoms with Crippen molar-refractivity contribution < 1.29 is 9.90 Å². The van der Waals surface area contributed by atoms with Gasteiger partial charge in [-0.05, 0) is 38.3 Å². The monoisotopic (exact) mass is 318 g/mol. The van der Waals surface area contributed by atoms with E-state index in [1.165, 1.54) is 12.0 Å². The van der Waals surface area contributed by atoms with Crippen LogP contribution in [-0.4, -0.2) is 53.5 Å². The molecule has 0 aliphatic carbocycles. The van der Waals surface area contributed by atoms with Crippen LogP contribution in [0.15, 0.2) is 24.3 Å². The summed E-state index contributed by atoms with van der Waals surface area (Å²) in [5, 5.41) is 10.4. The number of likely N-dealkylation sites (tertiary alicyclic amines) is 1. The largest absolute Gasteiger partial charge is 0.387 e. The average molecular weight is 318 g/mol. The number of nitrogens with zero attached hydrogens (tertiary/aromatic N) is 2. The zero-order chi connectivity index (χ0) is 16.7. The summed E-state index contributed by atoms with van der Waals surface area (Å²) in [5.41, 5.74) is 2.14. The number of aryl methyl sites for hydroxylation is 1. The molecule has 1 aliphatic heterocycles. The SMILES string of the molecule is CCN(CCC(=O)N1CCCCC1)CC(O)c1ccc(C)cc1. The first kappa shape index (κ1) is 18.0. The molecule has 0 radical (unpaired) electrons. The van der Waals surface area contributed by atoms with Crippen molar-refractivity contribution in [1.82, 2.24) is 9.80 Å². The van der Waals surface area contributed by atoms with Gasteiger partial charge in [-0.3, -0.25) is 4.79 Å². The molecule has 1 aliphatic rings. The van der Waals surface area contributed by atoms with Crippen molar-refractivity contribution in [3.63, 3.8) is 0 Å². The Balaban J connectivity index is 1.80. The fraction of sp³-hybridized carbons (Fsp3) is 0.632. The Morgan fingerprint density at radius 3 is 2.48 bits per heavy atom. The van der Waals surface area contributed by atoms with E-state index in [-0.39, 0.29) is 5.91 Å². The normalized spacial score (nSPS) is 16.6. The van der Waals surface area contributed by atoms with Crippen LogP contribution in [0, 0.1) is 6.92 Å². The standard InChI is InChI=1S/C19H30N2O2/c1-3-20(14-11-19(23)21-12-5-4-6-13-21)15-18(22)17-9-7-16(2)8-10-17/h7-10,18,22H,3-6,11-15H2,1-2H3. The van der Waals surface area contributed by atoms with E-state index in [4.69, 9.17) is 0 Å². The molecule has 1 aromatic carbocycles. The van der Waals surface area contributed by atoms with Gasteiger partial charge in [0.2, 0.25) is 5.91 Å². The van der Waals surface area contributed by atoms with Crippen LogP contribution in [0.3, 0.4) is 0 Å². The Bertz CT molecular complexity index is 481. The van der Waals surface area contributed by atoms with Crippen LogP contribution in [0.1, 0.15) is 49.8 Å². The number of hydrogen-bond donors (Lipinski definition) is 1. The van der Waals surface area contributed by atoms with Crippen LogP contribution >= 0.6 is 0 Å². The second kappa shape index (κ2) is 9.04. The topological polar surface area (TPSA) is 43.8 Å². The number of benzene rings is 1. The summed E-state index contributed by atoms with van der Waals surface area (Å²) >= 11 is 0. The molecule has 1 atom stereocenters. The maximum Gasteiger partial charge on any atom is 0.223 e. The molecule has 1 aromatic rings. The maximum absolute atomic E-state index is 12.2. The van der Waals surface area contributed by atoms with Crippen LogP contribution in [-0.2, 0) is 4.79 Å². The van der Waals surface area contributed by atoms with E-state index < -0.39 is 6.10 Å². The van der Waals surface area contributed by atoms with Gasteiger partial charge in [-0.15, -0.1) is 0 Å². The fourth-order valence-corrected chi connectivity index (χ4v) is 3.07. The van der Waals surface area contributed by atoms with E-state index in [0.717, 1.165) is 44.6 Å². The van der Waals surface area contributed by atoms with Gasteiger partial charge in [0.05, 0.1) is 6.10 Å². The van der Waals surface area contributed by atoms with Crippen LogP contribution in [0.5, 0.6) is 0 Å².